The molecule has 4 nitrogen and oxygen atoms in total. The van der Waals surface area contributed by atoms with E-state index >= 15 is 0 Å². The predicted octanol–water partition coefficient (Wildman–Crippen LogP) is 4.79. The van der Waals surface area contributed by atoms with Gasteiger partial charge in [0, 0.05) is 10.6 Å². The number of hydrogen-bond acceptors (Lipinski definition) is 3. The summed E-state index contributed by atoms with van der Waals surface area (Å²) in [4.78, 5) is 12.8. The number of halogens is 1. The highest BCUT2D eigenvalue weighted by Crippen LogP contribution is 2.27. The minimum atomic E-state index is -0.236. The quantitative estimate of drug-likeness (QED) is 0.742. The van der Waals surface area contributed by atoms with Crippen LogP contribution in [0.3, 0.4) is 0 Å². The van der Waals surface area contributed by atoms with Gasteiger partial charge in [-0.3, -0.25) is 4.79 Å². The van der Waals surface area contributed by atoms with E-state index in [4.69, 9.17) is 16.1 Å². The summed E-state index contributed by atoms with van der Waals surface area (Å²) in [5, 5.41) is 7.63. The summed E-state index contributed by atoms with van der Waals surface area (Å²) in [6, 6.07) is 16.7. The number of carbonyl (C=O) groups is 1. The van der Waals surface area contributed by atoms with Crippen LogP contribution in [0.2, 0.25) is 5.02 Å². The van der Waals surface area contributed by atoms with E-state index < -0.39 is 0 Å². The second-order valence-electron chi connectivity index (χ2n) is 5.55. The third-order valence-electron chi connectivity index (χ3n) is 3.86. The zero-order valence-electron chi connectivity index (χ0n) is 13.4. The van der Waals surface area contributed by atoms with Crippen molar-refractivity contribution in [3.63, 3.8) is 0 Å². The molecule has 0 bridgehead atoms. The molecular formula is C19H17ClN2O2. The van der Waals surface area contributed by atoms with Gasteiger partial charge in [-0.2, -0.15) is 0 Å². The summed E-state index contributed by atoms with van der Waals surface area (Å²) in [7, 11) is 0. The highest BCUT2D eigenvalue weighted by molar-refractivity contribution is 6.31. The lowest BCUT2D eigenvalue weighted by Crippen LogP contribution is -2.27. The van der Waals surface area contributed by atoms with Crippen molar-refractivity contribution < 1.29 is 9.32 Å². The van der Waals surface area contributed by atoms with Crippen molar-refractivity contribution in [1.29, 1.82) is 0 Å². The molecule has 0 unspecified atom stereocenters. The molecule has 1 amide bonds. The lowest BCUT2D eigenvalue weighted by atomic mass is 10.0. The van der Waals surface area contributed by atoms with Crippen molar-refractivity contribution in [2.45, 2.75) is 19.9 Å². The van der Waals surface area contributed by atoms with Gasteiger partial charge in [0.05, 0.1) is 6.04 Å². The SMILES string of the molecule is Cc1onc(-c2ccccc2)c1C(=O)N[C@H](C)c1ccccc1Cl. The number of nitrogens with zero attached hydrogens (tertiary/aromatic N) is 1. The van der Waals surface area contributed by atoms with Crippen molar-refractivity contribution in [3.05, 3.63) is 76.5 Å². The number of carbonyl (C=O) groups excluding carboxylic acids is 1. The second kappa shape index (κ2) is 6.89. The number of aromatic nitrogens is 1. The van der Waals surface area contributed by atoms with Crippen molar-refractivity contribution in [1.82, 2.24) is 10.5 Å². The van der Waals surface area contributed by atoms with Crippen LogP contribution in [0.25, 0.3) is 11.3 Å². The minimum absolute atomic E-state index is 0.232. The van der Waals surface area contributed by atoms with Crippen molar-refractivity contribution in [2.24, 2.45) is 0 Å². The Morgan fingerprint density at radius 2 is 1.79 bits per heavy atom. The molecule has 0 fully saturated rings. The van der Waals surface area contributed by atoms with Gasteiger partial charge < -0.3 is 9.84 Å². The first-order chi connectivity index (χ1) is 11.6. The molecule has 1 heterocycles. The topological polar surface area (TPSA) is 55.1 Å². The van der Waals surface area contributed by atoms with Crippen molar-refractivity contribution >= 4 is 17.5 Å². The molecule has 0 aliphatic carbocycles. The first kappa shape index (κ1) is 16.3. The van der Waals surface area contributed by atoms with Gasteiger partial charge in [0.15, 0.2) is 0 Å². The molecule has 0 saturated carbocycles. The molecule has 0 spiro atoms. The molecule has 1 N–H and O–H groups in total. The van der Waals surface area contributed by atoms with E-state index in [1.807, 2.05) is 55.5 Å². The van der Waals surface area contributed by atoms with Crippen LogP contribution in [0.5, 0.6) is 0 Å². The van der Waals surface area contributed by atoms with Crippen LogP contribution in [-0.2, 0) is 0 Å². The summed E-state index contributed by atoms with van der Waals surface area (Å²) in [6.07, 6.45) is 0. The standard InChI is InChI=1S/C19H17ClN2O2/c1-12(15-10-6-7-11-16(15)20)21-19(23)17-13(2)24-22-18(17)14-8-4-3-5-9-14/h3-12H,1-2H3,(H,21,23)/t12-/m1/s1. The first-order valence-corrected chi connectivity index (χ1v) is 8.02. The summed E-state index contributed by atoms with van der Waals surface area (Å²) in [6.45, 7) is 3.62. The maximum absolute atomic E-state index is 12.8. The largest absolute Gasteiger partial charge is 0.360 e. The zero-order chi connectivity index (χ0) is 17.1. The Kier molecular flexibility index (Phi) is 4.67. The lowest BCUT2D eigenvalue weighted by Gasteiger charge is -2.15. The Labute approximate surface area is 145 Å². The van der Waals surface area contributed by atoms with Gasteiger partial charge in [-0.25, -0.2) is 0 Å². The van der Waals surface area contributed by atoms with Crippen LogP contribution >= 0.6 is 11.6 Å². The third kappa shape index (κ3) is 3.19. The van der Waals surface area contributed by atoms with Crippen LogP contribution in [0.1, 0.15) is 34.6 Å². The average molecular weight is 341 g/mol. The average Bonchev–Trinajstić information content (AvgIpc) is 2.97. The van der Waals surface area contributed by atoms with Crippen molar-refractivity contribution in [3.8, 4) is 11.3 Å². The van der Waals surface area contributed by atoms with Gasteiger partial charge in [0.2, 0.25) is 0 Å². The van der Waals surface area contributed by atoms with Crippen LogP contribution in [0.4, 0.5) is 0 Å². The summed E-state index contributed by atoms with van der Waals surface area (Å²) < 4.78 is 5.25. The summed E-state index contributed by atoms with van der Waals surface area (Å²) in [5.74, 6) is 0.248. The molecule has 0 saturated heterocycles. The van der Waals surface area contributed by atoms with E-state index in [1.165, 1.54) is 0 Å². The van der Waals surface area contributed by atoms with Gasteiger partial charge in [0.25, 0.3) is 5.91 Å². The smallest absolute Gasteiger partial charge is 0.257 e. The fourth-order valence-electron chi connectivity index (χ4n) is 2.61. The number of benzene rings is 2. The molecule has 2 aromatic carbocycles. The predicted molar refractivity (Wildman–Crippen MR) is 94.0 cm³/mol. The second-order valence-corrected chi connectivity index (χ2v) is 5.95. The maximum atomic E-state index is 12.8. The Balaban J connectivity index is 1.89. The van der Waals surface area contributed by atoms with Crippen LogP contribution in [0, 0.1) is 6.92 Å². The fraction of sp³-hybridized carbons (Fsp3) is 0.158. The highest BCUT2D eigenvalue weighted by atomic mass is 35.5. The van der Waals surface area contributed by atoms with Gasteiger partial charge in [-0.05, 0) is 25.5 Å². The molecule has 1 atom stereocenters. The number of aryl methyl sites for hydroxylation is 1. The molecule has 0 aliphatic heterocycles. The molecule has 122 valence electrons. The minimum Gasteiger partial charge on any atom is -0.360 e. The first-order valence-electron chi connectivity index (χ1n) is 7.65. The van der Waals surface area contributed by atoms with Gasteiger partial charge in [-0.15, -0.1) is 0 Å². The molecule has 0 aliphatic rings. The number of rotatable bonds is 4. The Morgan fingerprint density at radius 3 is 2.50 bits per heavy atom. The van der Waals surface area contributed by atoms with Gasteiger partial charge in [-0.1, -0.05) is 65.3 Å². The van der Waals surface area contributed by atoms with E-state index in [2.05, 4.69) is 10.5 Å². The Hall–Kier alpha value is -2.59. The molecule has 5 heteroatoms. The monoisotopic (exact) mass is 340 g/mol. The van der Waals surface area contributed by atoms with E-state index in [1.54, 1.807) is 13.0 Å². The fourth-order valence-corrected chi connectivity index (χ4v) is 2.90. The van der Waals surface area contributed by atoms with Crippen LogP contribution in [-0.4, -0.2) is 11.1 Å². The molecule has 3 rings (SSSR count). The van der Waals surface area contributed by atoms with Crippen LogP contribution < -0.4 is 5.32 Å². The normalized spacial score (nSPS) is 12.0. The highest BCUT2D eigenvalue weighted by Gasteiger charge is 2.23. The maximum Gasteiger partial charge on any atom is 0.257 e. The molecule has 24 heavy (non-hydrogen) atoms. The lowest BCUT2D eigenvalue weighted by molar-refractivity contribution is 0.0939. The molecule has 1 aromatic heterocycles. The summed E-state index contributed by atoms with van der Waals surface area (Å²) in [5.41, 5.74) is 2.69. The van der Waals surface area contributed by atoms with Crippen LogP contribution in [0.15, 0.2) is 59.1 Å². The number of hydrogen-bond donors (Lipinski definition) is 1. The Bertz CT molecular complexity index is 859. The number of nitrogens with one attached hydrogen (secondary N) is 1. The van der Waals surface area contributed by atoms with E-state index in [9.17, 15) is 4.79 Å². The van der Waals surface area contributed by atoms with E-state index in [0.717, 1.165) is 11.1 Å². The van der Waals surface area contributed by atoms with Gasteiger partial charge >= 0.3 is 0 Å². The third-order valence-corrected chi connectivity index (χ3v) is 4.20. The molecular weight excluding hydrogens is 324 g/mol. The van der Waals surface area contributed by atoms with E-state index in [-0.39, 0.29) is 11.9 Å². The Morgan fingerprint density at radius 1 is 1.12 bits per heavy atom. The number of amides is 1. The van der Waals surface area contributed by atoms with E-state index in [0.29, 0.717) is 22.0 Å². The van der Waals surface area contributed by atoms with Gasteiger partial charge in [0.1, 0.15) is 17.0 Å². The molecule has 3 aromatic rings. The molecule has 0 radical (unpaired) electrons. The zero-order valence-corrected chi connectivity index (χ0v) is 14.2. The summed E-state index contributed by atoms with van der Waals surface area (Å²) >= 11 is 6.20. The van der Waals surface area contributed by atoms with Crippen molar-refractivity contribution in [2.75, 3.05) is 0 Å².